The number of carbonyl (C=O) groups excluding carboxylic acids is 1. The zero-order valence-electron chi connectivity index (χ0n) is 17.5. The van der Waals surface area contributed by atoms with Crippen molar-refractivity contribution in [2.75, 3.05) is 13.1 Å². The van der Waals surface area contributed by atoms with Gasteiger partial charge in [-0.1, -0.05) is 30.3 Å². The summed E-state index contributed by atoms with van der Waals surface area (Å²) < 4.78 is 4.20. The minimum absolute atomic E-state index is 0.159. The Hall–Kier alpha value is -3.16. The average Bonchev–Trinajstić information content (AvgIpc) is 3.21. The van der Waals surface area contributed by atoms with Crippen LogP contribution in [0.4, 0.5) is 0 Å². The Morgan fingerprint density at radius 1 is 1.07 bits per heavy atom. The van der Waals surface area contributed by atoms with Gasteiger partial charge in [0.2, 0.25) is 5.91 Å². The van der Waals surface area contributed by atoms with E-state index in [2.05, 4.69) is 29.2 Å². The summed E-state index contributed by atoms with van der Waals surface area (Å²) in [6, 6.07) is 10.5. The van der Waals surface area contributed by atoms with Crippen molar-refractivity contribution in [2.24, 2.45) is 14.1 Å². The zero-order chi connectivity index (χ0) is 21.3. The second-order valence-electron chi connectivity index (χ2n) is 7.99. The molecule has 8 nitrogen and oxygen atoms in total. The highest BCUT2D eigenvalue weighted by molar-refractivity contribution is 5.76. The van der Waals surface area contributed by atoms with Crippen LogP contribution in [0.5, 0.6) is 0 Å². The Morgan fingerprint density at radius 3 is 2.47 bits per heavy atom. The maximum absolute atomic E-state index is 12.6. The molecular formula is C22H27N5O3. The van der Waals surface area contributed by atoms with Gasteiger partial charge in [0.25, 0.3) is 5.56 Å². The molecule has 1 fully saturated rings. The summed E-state index contributed by atoms with van der Waals surface area (Å²) >= 11 is 0. The highest BCUT2D eigenvalue weighted by atomic mass is 16.2. The normalized spacial score (nSPS) is 15.1. The van der Waals surface area contributed by atoms with E-state index in [1.165, 1.54) is 17.2 Å². The second kappa shape index (κ2) is 8.30. The van der Waals surface area contributed by atoms with E-state index in [-0.39, 0.29) is 11.5 Å². The van der Waals surface area contributed by atoms with E-state index in [1.807, 2.05) is 11.0 Å². The van der Waals surface area contributed by atoms with Crippen molar-refractivity contribution < 1.29 is 4.79 Å². The van der Waals surface area contributed by atoms with Crippen LogP contribution in [0.2, 0.25) is 0 Å². The van der Waals surface area contributed by atoms with Crippen molar-refractivity contribution in [3.63, 3.8) is 0 Å². The van der Waals surface area contributed by atoms with Crippen molar-refractivity contribution >= 4 is 17.1 Å². The van der Waals surface area contributed by atoms with E-state index in [9.17, 15) is 14.4 Å². The molecule has 0 spiro atoms. The van der Waals surface area contributed by atoms with Crippen LogP contribution in [0.25, 0.3) is 11.2 Å². The molecule has 0 bridgehead atoms. The zero-order valence-corrected chi connectivity index (χ0v) is 17.5. The minimum Gasteiger partial charge on any atom is -0.343 e. The number of hydrogen-bond donors (Lipinski definition) is 0. The van der Waals surface area contributed by atoms with E-state index in [0.717, 1.165) is 30.5 Å². The van der Waals surface area contributed by atoms with Crippen LogP contribution in [0.15, 0.2) is 46.2 Å². The average molecular weight is 409 g/mol. The third kappa shape index (κ3) is 3.69. The SMILES string of the molecule is Cn1c(=O)c2c(ncn2CCCC(=O)N2CCC(c3ccccc3)CC2)n(C)c1=O. The molecule has 1 amide bonds. The van der Waals surface area contributed by atoms with Crippen LogP contribution in [-0.4, -0.2) is 42.6 Å². The van der Waals surface area contributed by atoms with Crippen LogP contribution < -0.4 is 11.2 Å². The number of imidazole rings is 1. The Kier molecular flexibility index (Phi) is 5.57. The molecule has 3 aromatic rings. The van der Waals surface area contributed by atoms with E-state index in [1.54, 1.807) is 17.9 Å². The summed E-state index contributed by atoms with van der Waals surface area (Å²) in [5.74, 6) is 0.682. The number of nitrogens with zero attached hydrogens (tertiary/aromatic N) is 5. The molecule has 1 saturated heterocycles. The molecule has 3 heterocycles. The summed E-state index contributed by atoms with van der Waals surface area (Å²) in [4.78, 5) is 43.3. The summed E-state index contributed by atoms with van der Waals surface area (Å²) in [6.07, 6.45) is 4.61. The van der Waals surface area contributed by atoms with Gasteiger partial charge < -0.3 is 9.47 Å². The molecule has 0 radical (unpaired) electrons. The lowest BCUT2D eigenvalue weighted by atomic mass is 9.89. The molecule has 1 aliphatic heterocycles. The van der Waals surface area contributed by atoms with E-state index >= 15 is 0 Å². The smallest absolute Gasteiger partial charge is 0.332 e. The number of hydrogen-bond acceptors (Lipinski definition) is 4. The van der Waals surface area contributed by atoms with Gasteiger partial charge in [0.15, 0.2) is 11.2 Å². The first-order valence-corrected chi connectivity index (χ1v) is 10.4. The number of fused-ring (bicyclic) bond motifs is 1. The summed E-state index contributed by atoms with van der Waals surface area (Å²) in [5.41, 5.74) is 1.37. The highest BCUT2D eigenvalue weighted by Gasteiger charge is 2.23. The fraction of sp³-hybridized carbons (Fsp3) is 0.455. The van der Waals surface area contributed by atoms with Crippen molar-refractivity contribution in [2.45, 2.75) is 38.1 Å². The summed E-state index contributed by atoms with van der Waals surface area (Å²) in [5, 5.41) is 0. The first-order valence-electron chi connectivity index (χ1n) is 10.4. The Morgan fingerprint density at radius 2 is 1.77 bits per heavy atom. The molecule has 0 atom stereocenters. The first-order chi connectivity index (χ1) is 14.5. The predicted molar refractivity (Wildman–Crippen MR) is 114 cm³/mol. The second-order valence-corrected chi connectivity index (χ2v) is 7.99. The van der Waals surface area contributed by atoms with E-state index < -0.39 is 5.69 Å². The number of aryl methyl sites for hydroxylation is 2. The molecule has 2 aromatic heterocycles. The Labute approximate surface area is 174 Å². The largest absolute Gasteiger partial charge is 0.343 e. The number of likely N-dealkylation sites (tertiary alicyclic amines) is 1. The lowest BCUT2D eigenvalue weighted by molar-refractivity contribution is -0.132. The standard InChI is InChI=1S/C22H27N5O3/c1-24-20-19(21(29)25(2)22(24)30)27(15-23-20)12-6-9-18(28)26-13-10-17(11-14-26)16-7-4-3-5-8-16/h3-5,7-8,15,17H,6,9-14H2,1-2H3. The number of amides is 1. The number of rotatable bonds is 5. The Balaban J connectivity index is 1.35. The summed E-state index contributed by atoms with van der Waals surface area (Å²) in [7, 11) is 3.06. The van der Waals surface area contributed by atoms with Crippen molar-refractivity contribution in [1.29, 1.82) is 0 Å². The molecule has 0 unspecified atom stereocenters. The van der Waals surface area contributed by atoms with Gasteiger partial charge in [-0.05, 0) is 30.7 Å². The van der Waals surface area contributed by atoms with E-state index in [4.69, 9.17) is 0 Å². The monoisotopic (exact) mass is 409 g/mol. The van der Waals surface area contributed by atoms with Crippen LogP contribution in [0.1, 0.15) is 37.2 Å². The van der Waals surface area contributed by atoms with Gasteiger partial charge in [-0.15, -0.1) is 0 Å². The molecule has 8 heteroatoms. The molecule has 30 heavy (non-hydrogen) atoms. The summed E-state index contributed by atoms with van der Waals surface area (Å²) in [6.45, 7) is 2.08. The van der Waals surface area contributed by atoms with Gasteiger partial charge in [0.05, 0.1) is 6.33 Å². The highest BCUT2D eigenvalue weighted by Crippen LogP contribution is 2.28. The molecule has 0 saturated carbocycles. The van der Waals surface area contributed by atoms with Gasteiger partial charge in [-0.2, -0.15) is 0 Å². The molecule has 158 valence electrons. The number of carbonyl (C=O) groups is 1. The lowest BCUT2D eigenvalue weighted by Gasteiger charge is -2.32. The van der Waals surface area contributed by atoms with Gasteiger partial charge in [-0.25, -0.2) is 9.78 Å². The van der Waals surface area contributed by atoms with Crippen molar-refractivity contribution in [3.8, 4) is 0 Å². The number of piperidine rings is 1. The lowest BCUT2D eigenvalue weighted by Crippen LogP contribution is -2.38. The van der Waals surface area contributed by atoms with Gasteiger partial charge in [0.1, 0.15) is 0 Å². The molecular weight excluding hydrogens is 382 g/mol. The third-order valence-electron chi connectivity index (χ3n) is 6.13. The third-order valence-corrected chi connectivity index (χ3v) is 6.13. The fourth-order valence-corrected chi connectivity index (χ4v) is 4.31. The molecule has 1 aliphatic rings. The number of aromatic nitrogens is 4. The molecule has 4 rings (SSSR count). The van der Waals surface area contributed by atoms with Crippen LogP contribution in [0.3, 0.4) is 0 Å². The minimum atomic E-state index is -0.396. The molecule has 1 aromatic carbocycles. The van der Waals surface area contributed by atoms with Crippen LogP contribution in [-0.2, 0) is 25.4 Å². The quantitative estimate of drug-likeness (QED) is 0.641. The van der Waals surface area contributed by atoms with Crippen LogP contribution >= 0.6 is 0 Å². The van der Waals surface area contributed by atoms with Gasteiger partial charge in [-0.3, -0.25) is 18.7 Å². The number of benzene rings is 1. The maximum Gasteiger partial charge on any atom is 0.332 e. The van der Waals surface area contributed by atoms with Crippen molar-refractivity contribution in [1.82, 2.24) is 23.6 Å². The topological polar surface area (TPSA) is 82.1 Å². The van der Waals surface area contributed by atoms with Gasteiger partial charge in [0, 0.05) is 40.2 Å². The predicted octanol–water partition coefficient (Wildman–Crippen LogP) is 1.62. The first kappa shape index (κ1) is 20.1. The fourth-order valence-electron chi connectivity index (χ4n) is 4.31. The van der Waals surface area contributed by atoms with Crippen LogP contribution in [0, 0.1) is 0 Å². The van der Waals surface area contributed by atoms with Gasteiger partial charge >= 0.3 is 5.69 Å². The molecule has 0 aliphatic carbocycles. The van der Waals surface area contributed by atoms with Crippen molar-refractivity contribution in [3.05, 3.63) is 63.1 Å². The molecule has 0 N–H and O–H groups in total. The van der Waals surface area contributed by atoms with E-state index in [0.29, 0.717) is 36.5 Å². The Bertz CT molecular complexity index is 1170. The maximum atomic E-state index is 12.6.